The highest BCUT2D eigenvalue weighted by Gasteiger charge is 2.31. The maximum absolute atomic E-state index is 12.0. The van der Waals surface area contributed by atoms with Gasteiger partial charge in [0.1, 0.15) is 6.04 Å². The molecule has 8 nitrogen and oxygen atoms in total. The molecule has 2 aliphatic rings. The molecule has 2 unspecified atom stereocenters. The molecule has 1 saturated carbocycles. The van der Waals surface area contributed by atoms with E-state index >= 15 is 0 Å². The van der Waals surface area contributed by atoms with Gasteiger partial charge in [-0.05, 0) is 25.2 Å². The Morgan fingerprint density at radius 3 is 3.00 bits per heavy atom. The van der Waals surface area contributed by atoms with Crippen molar-refractivity contribution in [3.05, 3.63) is 10.1 Å². The molecule has 112 valence electrons. The van der Waals surface area contributed by atoms with Gasteiger partial charge in [0.25, 0.3) is 10.3 Å². The molecule has 1 heterocycles. The standard InChI is InChI=1S/C11H17N3O5S/c15-10(9-6-20-11(16)13-9)12-8-3-1-2-7(4-8)5-19-14(17)18/h7-9H,1-6H2,(H,12,15)(H,13,16)/t7?,8?,9-/m0/s1. The topological polar surface area (TPSA) is 111 Å². The summed E-state index contributed by atoms with van der Waals surface area (Å²) < 4.78 is 0. The summed E-state index contributed by atoms with van der Waals surface area (Å²) in [6.07, 6.45) is 3.31. The van der Waals surface area contributed by atoms with Crippen LogP contribution in [0.15, 0.2) is 0 Å². The lowest BCUT2D eigenvalue weighted by atomic mass is 9.86. The minimum Gasteiger partial charge on any atom is -0.352 e. The summed E-state index contributed by atoms with van der Waals surface area (Å²) in [5.74, 6) is 0.363. The van der Waals surface area contributed by atoms with E-state index in [0.29, 0.717) is 12.2 Å². The first-order valence-electron chi connectivity index (χ1n) is 6.55. The average molecular weight is 303 g/mol. The maximum Gasteiger partial charge on any atom is 0.294 e. The number of rotatable bonds is 5. The zero-order chi connectivity index (χ0) is 14.5. The summed E-state index contributed by atoms with van der Waals surface area (Å²) in [6.45, 7) is 0.0788. The van der Waals surface area contributed by atoms with Gasteiger partial charge in [0.2, 0.25) is 5.91 Å². The molecule has 2 N–H and O–H groups in total. The molecule has 0 aromatic carbocycles. The SMILES string of the molecule is O=C1N[C@H](C(=O)NC2CCCC(CO[N+](=O)[O-])C2)CS1. The highest BCUT2D eigenvalue weighted by Crippen LogP contribution is 2.25. The van der Waals surface area contributed by atoms with E-state index in [9.17, 15) is 19.7 Å². The van der Waals surface area contributed by atoms with Crippen LogP contribution in [0.2, 0.25) is 0 Å². The first kappa shape index (κ1) is 14.9. The van der Waals surface area contributed by atoms with E-state index < -0.39 is 11.1 Å². The highest BCUT2D eigenvalue weighted by atomic mass is 32.2. The van der Waals surface area contributed by atoms with Gasteiger partial charge in [0.05, 0.1) is 6.61 Å². The van der Waals surface area contributed by atoms with Crippen LogP contribution in [0.3, 0.4) is 0 Å². The number of carbonyl (C=O) groups excluding carboxylic acids is 2. The molecule has 0 spiro atoms. The van der Waals surface area contributed by atoms with Crippen molar-refractivity contribution in [3.8, 4) is 0 Å². The molecule has 0 radical (unpaired) electrons. The maximum atomic E-state index is 12.0. The molecule has 20 heavy (non-hydrogen) atoms. The smallest absolute Gasteiger partial charge is 0.294 e. The zero-order valence-electron chi connectivity index (χ0n) is 10.9. The van der Waals surface area contributed by atoms with Crippen molar-refractivity contribution in [1.82, 2.24) is 10.6 Å². The van der Waals surface area contributed by atoms with Gasteiger partial charge in [-0.3, -0.25) is 9.59 Å². The third kappa shape index (κ3) is 4.26. The normalized spacial score (nSPS) is 29.6. The van der Waals surface area contributed by atoms with Crippen LogP contribution in [-0.4, -0.2) is 40.7 Å². The molecule has 1 saturated heterocycles. The summed E-state index contributed by atoms with van der Waals surface area (Å²) in [4.78, 5) is 37.6. The molecule has 1 aliphatic carbocycles. The van der Waals surface area contributed by atoms with Crippen molar-refractivity contribution in [2.24, 2.45) is 5.92 Å². The van der Waals surface area contributed by atoms with Crippen LogP contribution in [0.25, 0.3) is 0 Å². The van der Waals surface area contributed by atoms with Gasteiger partial charge in [0, 0.05) is 11.8 Å². The summed E-state index contributed by atoms with van der Waals surface area (Å²) in [6, 6.07) is -0.470. The van der Waals surface area contributed by atoms with E-state index in [4.69, 9.17) is 0 Å². The van der Waals surface area contributed by atoms with Crippen molar-refractivity contribution in [1.29, 1.82) is 0 Å². The van der Waals surface area contributed by atoms with Crippen molar-refractivity contribution in [2.75, 3.05) is 12.4 Å². The van der Waals surface area contributed by atoms with Crippen LogP contribution in [0.4, 0.5) is 4.79 Å². The van der Waals surface area contributed by atoms with Crippen molar-refractivity contribution in [3.63, 3.8) is 0 Å². The average Bonchev–Trinajstić information content (AvgIpc) is 2.84. The number of hydrogen-bond donors (Lipinski definition) is 2. The number of nitrogens with one attached hydrogen (secondary N) is 2. The Bertz CT molecular complexity index is 406. The van der Waals surface area contributed by atoms with Crippen LogP contribution < -0.4 is 10.6 Å². The van der Waals surface area contributed by atoms with E-state index in [0.717, 1.165) is 31.0 Å². The molecule has 3 atom stereocenters. The lowest BCUT2D eigenvalue weighted by Gasteiger charge is -2.29. The fourth-order valence-corrected chi connectivity index (χ4v) is 3.35. The van der Waals surface area contributed by atoms with Crippen molar-refractivity contribution in [2.45, 2.75) is 37.8 Å². The van der Waals surface area contributed by atoms with Crippen LogP contribution >= 0.6 is 11.8 Å². The van der Waals surface area contributed by atoms with Gasteiger partial charge in [-0.2, -0.15) is 0 Å². The second kappa shape index (κ2) is 6.78. The highest BCUT2D eigenvalue weighted by molar-refractivity contribution is 8.14. The Labute approximate surface area is 120 Å². The van der Waals surface area contributed by atoms with Crippen LogP contribution in [0.1, 0.15) is 25.7 Å². The monoisotopic (exact) mass is 303 g/mol. The van der Waals surface area contributed by atoms with Gasteiger partial charge in [-0.25, -0.2) is 0 Å². The summed E-state index contributed by atoms with van der Waals surface area (Å²) in [7, 11) is 0. The summed E-state index contributed by atoms with van der Waals surface area (Å²) >= 11 is 1.10. The molecule has 0 bridgehead atoms. The Balaban J connectivity index is 1.76. The fourth-order valence-electron chi connectivity index (χ4n) is 2.57. The van der Waals surface area contributed by atoms with Crippen LogP contribution in [0, 0.1) is 16.0 Å². The minimum atomic E-state index is -0.784. The number of nitrogens with zero attached hydrogens (tertiary/aromatic N) is 1. The van der Waals surface area contributed by atoms with Crippen LogP contribution in [-0.2, 0) is 9.63 Å². The first-order chi connectivity index (χ1) is 9.54. The predicted octanol–water partition coefficient (Wildman–Crippen LogP) is 0.695. The molecule has 2 amide bonds. The summed E-state index contributed by atoms with van der Waals surface area (Å²) in [5, 5.41) is 14.7. The second-order valence-corrected chi connectivity index (χ2v) is 6.05. The zero-order valence-corrected chi connectivity index (χ0v) is 11.7. The quantitative estimate of drug-likeness (QED) is 0.571. The second-order valence-electron chi connectivity index (χ2n) is 5.05. The number of carbonyl (C=O) groups is 2. The molecular formula is C11H17N3O5S. The third-order valence-corrected chi connectivity index (χ3v) is 4.41. The van der Waals surface area contributed by atoms with Crippen LogP contribution in [0.5, 0.6) is 0 Å². The van der Waals surface area contributed by atoms with E-state index in [-0.39, 0.29) is 29.7 Å². The minimum absolute atomic E-state index is 0.000828. The van der Waals surface area contributed by atoms with Gasteiger partial charge in [-0.1, -0.05) is 18.2 Å². The largest absolute Gasteiger partial charge is 0.352 e. The van der Waals surface area contributed by atoms with Gasteiger partial charge < -0.3 is 15.5 Å². The van der Waals surface area contributed by atoms with Gasteiger partial charge in [-0.15, -0.1) is 10.1 Å². The molecule has 2 fully saturated rings. The number of amides is 2. The lowest BCUT2D eigenvalue weighted by Crippen LogP contribution is -2.48. The molecule has 0 aromatic rings. The number of hydrogen-bond acceptors (Lipinski definition) is 6. The number of thioether (sulfide) groups is 1. The molecule has 0 aromatic heterocycles. The van der Waals surface area contributed by atoms with Crippen molar-refractivity contribution >= 4 is 22.9 Å². The van der Waals surface area contributed by atoms with Gasteiger partial charge in [0.15, 0.2) is 0 Å². The molecule has 2 rings (SSSR count). The first-order valence-corrected chi connectivity index (χ1v) is 7.54. The summed E-state index contributed by atoms with van der Waals surface area (Å²) in [5.41, 5.74) is 0. The predicted molar refractivity (Wildman–Crippen MR) is 71.6 cm³/mol. The Morgan fingerprint density at radius 2 is 2.35 bits per heavy atom. The molecule has 9 heteroatoms. The fraction of sp³-hybridized carbons (Fsp3) is 0.818. The third-order valence-electron chi connectivity index (χ3n) is 3.53. The van der Waals surface area contributed by atoms with E-state index in [1.165, 1.54) is 0 Å². The van der Waals surface area contributed by atoms with Crippen molar-refractivity contribution < 1.29 is 19.5 Å². The lowest BCUT2D eigenvalue weighted by molar-refractivity contribution is -0.759. The van der Waals surface area contributed by atoms with E-state index in [1.54, 1.807) is 0 Å². The Morgan fingerprint density at radius 1 is 1.55 bits per heavy atom. The van der Waals surface area contributed by atoms with E-state index in [1.807, 2.05) is 0 Å². The van der Waals surface area contributed by atoms with E-state index in [2.05, 4.69) is 15.5 Å². The Hall–Kier alpha value is -1.51. The Kier molecular flexibility index (Phi) is 5.05. The molecule has 1 aliphatic heterocycles. The molecular weight excluding hydrogens is 286 g/mol. The van der Waals surface area contributed by atoms with Gasteiger partial charge >= 0.3 is 0 Å².